The summed E-state index contributed by atoms with van der Waals surface area (Å²) in [6.07, 6.45) is 6.57. The van der Waals surface area contributed by atoms with E-state index >= 15 is 0 Å². The molecule has 11 heteroatoms. The van der Waals surface area contributed by atoms with Crippen molar-refractivity contribution in [3.05, 3.63) is 70.3 Å². The summed E-state index contributed by atoms with van der Waals surface area (Å²) < 4.78 is 27.2. The van der Waals surface area contributed by atoms with E-state index in [2.05, 4.69) is 42.2 Å². The van der Waals surface area contributed by atoms with Crippen molar-refractivity contribution in [1.29, 1.82) is 0 Å². The molecule has 0 spiro atoms. The maximum atomic E-state index is 14.0. The van der Waals surface area contributed by atoms with Gasteiger partial charge in [0.2, 0.25) is 0 Å². The number of halogens is 3. The van der Waals surface area contributed by atoms with Gasteiger partial charge in [0.1, 0.15) is 23.2 Å². The first-order valence-corrected chi connectivity index (χ1v) is 12.1. The monoisotopic (exact) mass is 510 g/mol. The van der Waals surface area contributed by atoms with E-state index in [0.717, 1.165) is 73.8 Å². The van der Waals surface area contributed by atoms with Crippen LogP contribution in [0.2, 0.25) is 5.15 Å². The molecular formula is C25H25ClF2N8. The van der Waals surface area contributed by atoms with Gasteiger partial charge >= 0.3 is 0 Å². The summed E-state index contributed by atoms with van der Waals surface area (Å²) in [5, 5.41) is 6.48. The Kier molecular flexibility index (Phi) is 7.15. The number of anilines is 2. The molecule has 186 valence electrons. The minimum Gasteiger partial charge on any atom is -0.354 e. The maximum absolute atomic E-state index is 14.0. The van der Waals surface area contributed by atoms with E-state index in [4.69, 9.17) is 16.6 Å². The highest BCUT2D eigenvalue weighted by Crippen LogP contribution is 2.45. The van der Waals surface area contributed by atoms with E-state index in [1.54, 1.807) is 12.3 Å². The zero-order chi connectivity index (χ0) is 25.1. The molecule has 0 radical (unpaired) electrons. The molecular weight excluding hydrogens is 486 g/mol. The number of aromatic nitrogens is 3. The van der Waals surface area contributed by atoms with Crippen molar-refractivity contribution in [3.8, 4) is 0 Å². The predicted octanol–water partition coefficient (Wildman–Crippen LogP) is 4.61. The Morgan fingerprint density at radius 3 is 2.69 bits per heavy atom. The third-order valence-electron chi connectivity index (χ3n) is 6.14. The molecule has 5 rings (SSSR count). The van der Waals surface area contributed by atoms with E-state index in [1.165, 1.54) is 0 Å². The third-order valence-corrected chi connectivity index (χ3v) is 6.42. The lowest BCUT2D eigenvalue weighted by Gasteiger charge is -2.32. The molecule has 4 heterocycles. The Hall–Kier alpha value is -3.50. The highest BCUT2D eigenvalue weighted by molar-refractivity contribution is 6.32. The van der Waals surface area contributed by atoms with Crippen LogP contribution in [0.1, 0.15) is 35.4 Å². The van der Waals surface area contributed by atoms with Gasteiger partial charge in [0, 0.05) is 44.6 Å². The zero-order valence-corrected chi connectivity index (χ0v) is 20.3. The van der Waals surface area contributed by atoms with Crippen molar-refractivity contribution in [2.75, 3.05) is 31.5 Å². The van der Waals surface area contributed by atoms with E-state index in [-0.39, 0.29) is 5.82 Å². The quantitative estimate of drug-likeness (QED) is 0.274. The average molecular weight is 511 g/mol. The molecule has 1 aliphatic carbocycles. The van der Waals surface area contributed by atoms with Crippen LogP contribution in [0.4, 0.5) is 26.1 Å². The van der Waals surface area contributed by atoms with Crippen LogP contribution in [0.25, 0.3) is 0 Å². The average Bonchev–Trinajstić information content (AvgIpc) is 3.72. The number of nitrogens with zero attached hydrogens (tertiary/aromatic N) is 6. The molecule has 0 aromatic carbocycles. The molecule has 2 fully saturated rings. The second-order valence-corrected chi connectivity index (χ2v) is 9.05. The number of hydrogen-bond donors (Lipinski definition) is 2. The standard InChI is InChI=1S/C25H25ClF2N8/c1-29-22-21(18(16-2-3-16)14-32-23(22)26)25(36-8-6-30-7-9-36)34-12-15-4-5-31-20(10-15)35-24-19(28)11-17(27)13-33-24/h4-5,10-11,13-14,16,30H,1-3,6-9,12H2,(H,31,33,35). The lowest BCUT2D eigenvalue weighted by atomic mass is 10.0. The molecule has 2 aliphatic rings. The molecule has 0 bridgehead atoms. The Morgan fingerprint density at radius 1 is 1.17 bits per heavy atom. The van der Waals surface area contributed by atoms with Gasteiger partial charge < -0.3 is 15.5 Å². The van der Waals surface area contributed by atoms with Gasteiger partial charge in [-0.3, -0.25) is 9.98 Å². The number of hydrogen-bond acceptors (Lipinski definition) is 7. The maximum Gasteiger partial charge on any atom is 0.168 e. The predicted molar refractivity (Wildman–Crippen MR) is 137 cm³/mol. The van der Waals surface area contributed by atoms with Gasteiger partial charge in [0.15, 0.2) is 16.8 Å². The van der Waals surface area contributed by atoms with Crippen LogP contribution in [0.3, 0.4) is 0 Å². The van der Waals surface area contributed by atoms with Gasteiger partial charge in [-0.15, -0.1) is 0 Å². The smallest absolute Gasteiger partial charge is 0.168 e. The molecule has 3 aromatic rings. The van der Waals surface area contributed by atoms with Crippen molar-refractivity contribution in [2.45, 2.75) is 25.3 Å². The fraction of sp³-hybridized carbons (Fsp3) is 0.320. The van der Waals surface area contributed by atoms with Gasteiger partial charge in [-0.2, -0.15) is 0 Å². The molecule has 1 saturated carbocycles. The summed E-state index contributed by atoms with van der Waals surface area (Å²) in [7, 11) is 0. The van der Waals surface area contributed by atoms with Gasteiger partial charge in [0.25, 0.3) is 0 Å². The van der Waals surface area contributed by atoms with E-state index in [9.17, 15) is 8.78 Å². The van der Waals surface area contributed by atoms with E-state index in [1.807, 2.05) is 12.3 Å². The van der Waals surface area contributed by atoms with Gasteiger partial charge in [-0.25, -0.2) is 23.7 Å². The summed E-state index contributed by atoms with van der Waals surface area (Å²) in [6, 6.07) is 4.37. The summed E-state index contributed by atoms with van der Waals surface area (Å²) in [6.45, 7) is 7.35. The number of nitrogens with one attached hydrogen (secondary N) is 2. The lowest BCUT2D eigenvalue weighted by Crippen LogP contribution is -2.47. The van der Waals surface area contributed by atoms with Crippen molar-refractivity contribution < 1.29 is 8.78 Å². The van der Waals surface area contributed by atoms with E-state index < -0.39 is 11.6 Å². The minimum absolute atomic E-state index is 0.103. The van der Waals surface area contributed by atoms with Crippen LogP contribution in [-0.4, -0.2) is 58.6 Å². The van der Waals surface area contributed by atoms with Gasteiger partial charge in [0.05, 0.1) is 18.3 Å². The zero-order valence-electron chi connectivity index (χ0n) is 19.5. The normalized spacial score (nSPS) is 16.2. The van der Waals surface area contributed by atoms with Crippen LogP contribution < -0.4 is 10.6 Å². The number of piperazine rings is 1. The van der Waals surface area contributed by atoms with Gasteiger partial charge in [-0.1, -0.05) is 11.6 Å². The minimum atomic E-state index is -0.798. The van der Waals surface area contributed by atoms with Crippen LogP contribution in [-0.2, 0) is 6.54 Å². The van der Waals surface area contributed by atoms with Crippen molar-refractivity contribution in [3.63, 3.8) is 0 Å². The van der Waals surface area contributed by atoms with Crippen LogP contribution in [0, 0.1) is 11.6 Å². The lowest BCUT2D eigenvalue weighted by molar-refractivity contribution is 0.357. The Labute approximate surface area is 212 Å². The van der Waals surface area contributed by atoms with Crippen molar-refractivity contribution in [2.24, 2.45) is 9.98 Å². The SMILES string of the molecule is C=Nc1c(Cl)ncc(C2CC2)c1C(=NCc1ccnc(Nc2ncc(F)cc2F)c1)N1CCNCC1. The molecule has 36 heavy (non-hydrogen) atoms. The molecule has 8 nitrogen and oxygen atoms in total. The Balaban J connectivity index is 1.49. The summed E-state index contributed by atoms with van der Waals surface area (Å²) in [5.41, 5.74) is 3.38. The fourth-order valence-electron chi connectivity index (χ4n) is 4.22. The summed E-state index contributed by atoms with van der Waals surface area (Å²) in [4.78, 5) is 23.8. The van der Waals surface area contributed by atoms with E-state index in [0.29, 0.717) is 29.1 Å². The first-order valence-electron chi connectivity index (χ1n) is 11.7. The fourth-order valence-corrected chi connectivity index (χ4v) is 4.43. The summed E-state index contributed by atoms with van der Waals surface area (Å²) >= 11 is 6.44. The first kappa shape index (κ1) is 24.2. The number of pyridine rings is 3. The molecule has 0 amide bonds. The molecule has 0 unspecified atom stereocenters. The number of amidine groups is 1. The highest BCUT2D eigenvalue weighted by atomic mass is 35.5. The Bertz CT molecular complexity index is 1310. The molecule has 0 atom stereocenters. The molecule has 2 N–H and O–H groups in total. The van der Waals surface area contributed by atoms with Crippen LogP contribution in [0.15, 0.2) is 46.8 Å². The van der Waals surface area contributed by atoms with Crippen LogP contribution >= 0.6 is 11.6 Å². The number of rotatable bonds is 7. The van der Waals surface area contributed by atoms with Gasteiger partial charge in [-0.05, 0) is 48.7 Å². The molecule has 3 aromatic heterocycles. The topological polar surface area (TPSA) is 90.7 Å². The molecule has 1 saturated heterocycles. The Morgan fingerprint density at radius 2 is 1.97 bits per heavy atom. The first-order chi connectivity index (χ1) is 17.5. The van der Waals surface area contributed by atoms with Crippen LogP contribution in [0.5, 0.6) is 0 Å². The summed E-state index contributed by atoms with van der Waals surface area (Å²) in [5.74, 6) is -0.0507. The molecule has 1 aliphatic heterocycles. The van der Waals surface area contributed by atoms with Crippen molar-refractivity contribution >= 4 is 41.5 Å². The third kappa shape index (κ3) is 5.34. The largest absolute Gasteiger partial charge is 0.354 e. The van der Waals surface area contributed by atoms with Crippen molar-refractivity contribution in [1.82, 2.24) is 25.2 Å². The number of aliphatic imine (C=N–C) groups is 2. The second kappa shape index (κ2) is 10.6. The highest BCUT2D eigenvalue weighted by Gasteiger charge is 2.32. The second-order valence-electron chi connectivity index (χ2n) is 8.70.